The second-order valence-electron chi connectivity index (χ2n) is 8.74. The van der Waals surface area contributed by atoms with Crippen LogP contribution in [0.15, 0.2) is 34.1 Å². The van der Waals surface area contributed by atoms with Gasteiger partial charge in [-0.1, -0.05) is 0 Å². The number of rotatable bonds is 2. The first-order chi connectivity index (χ1) is 14.4. The fourth-order valence-corrected chi connectivity index (χ4v) is 9.78. The predicted octanol–water partition coefficient (Wildman–Crippen LogP) is 6.34. The smallest absolute Gasteiger partial charge is 0.160 e. The Morgan fingerprint density at radius 2 is 1.00 bits per heavy atom. The number of aryl methyl sites for hydroxylation is 4. The Morgan fingerprint density at radius 1 is 0.567 bits per heavy atom. The summed E-state index contributed by atoms with van der Waals surface area (Å²) in [6.45, 7) is 8.26. The first-order valence-corrected chi connectivity index (χ1v) is 14.4. The molecule has 4 heteroatoms. The molecule has 0 unspecified atom stereocenters. The van der Waals surface area contributed by atoms with Crippen LogP contribution in [0, 0.1) is 27.7 Å². The lowest BCUT2D eigenvalue weighted by molar-refractivity contribution is 0.466. The molecular weight excluding hydrogens is 408 g/mol. The minimum Gasteiger partial charge on any atom is -0.508 e. The molecule has 4 rings (SSSR count). The van der Waals surface area contributed by atoms with E-state index >= 15 is 0 Å². The normalized spacial score (nSPS) is 18.0. The van der Waals surface area contributed by atoms with E-state index < -0.39 is 0 Å². The van der Waals surface area contributed by atoms with Gasteiger partial charge in [0.25, 0.3) is 0 Å². The fraction of sp³-hybridized carbons (Fsp3) is 0.538. The van der Waals surface area contributed by atoms with Crippen LogP contribution in [0.4, 0.5) is 0 Å². The van der Waals surface area contributed by atoms with Crippen LogP contribution in [0.2, 0.25) is 0 Å². The summed E-state index contributed by atoms with van der Waals surface area (Å²) in [7, 11) is 0.901. The van der Waals surface area contributed by atoms with E-state index in [0.29, 0.717) is 33.3 Å². The van der Waals surface area contributed by atoms with E-state index in [4.69, 9.17) is 0 Å². The van der Waals surface area contributed by atoms with E-state index in [0.717, 1.165) is 11.1 Å². The Labute approximate surface area is 188 Å². The SMILES string of the molecule is Cc1cc(O)cc(C)c1[S+]1CCCCC1.Cc1cc([S+]2CCCCC2)cc(C)c1O. The van der Waals surface area contributed by atoms with E-state index in [1.165, 1.54) is 82.5 Å². The van der Waals surface area contributed by atoms with Crippen molar-refractivity contribution in [3.05, 3.63) is 46.5 Å². The van der Waals surface area contributed by atoms with E-state index in [9.17, 15) is 10.2 Å². The lowest BCUT2D eigenvalue weighted by Gasteiger charge is -2.16. The molecule has 0 saturated carbocycles. The minimum atomic E-state index is 0.411. The van der Waals surface area contributed by atoms with Crippen molar-refractivity contribution in [1.29, 1.82) is 0 Å². The Bertz CT molecular complexity index is 804. The number of hydrogen-bond acceptors (Lipinski definition) is 2. The molecule has 2 aromatic rings. The molecule has 2 saturated heterocycles. The van der Waals surface area contributed by atoms with Gasteiger partial charge in [0.05, 0.1) is 0 Å². The van der Waals surface area contributed by atoms with Gasteiger partial charge in [0.1, 0.15) is 34.5 Å². The Kier molecular flexibility index (Phi) is 8.47. The zero-order chi connectivity index (χ0) is 21.7. The summed E-state index contributed by atoms with van der Waals surface area (Å²) in [5.74, 6) is 6.29. The molecule has 0 aromatic heterocycles. The van der Waals surface area contributed by atoms with Crippen LogP contribution in [-0.2, 0) is 21.8 Å². The van der Waals surface area contributed by atoms with Crippen molar-refractivity contribution in [1.82, 2.24) is 0 Å². The molecule has 0 aliphatic carbocycles. The van der Waals surface area contributed by atoms with E-state index in [-0.39, 0.29) is 0 Å². The second-order valence-corrected chi connectivity index (χ2v) is 13.2. The van der Waals surface area contributed by atoms with Gasteiger partial charge < -0.3 is 10.2 Å². The third-order valence-corrected chi connectivity index (χ3v) is 11.3. The molecule has 2 aliphatic rings. The number of phenols is 2. The van der Waals surface area contributed by atoms with Crippen LogP contribution in [0.5, 0.6) is 11.5 Å². The molecule has 2 fully saturated rings. The topological polar surface area (TPSA) is 40.5 Å². The molecule has 164 valence electrons. The lowest BCUT2D eigenvalue weighted by atomic mass is 10.1. The van der Waals surface area contributed by atoms with Crippen molar-refractivity contribution in [2.45, 2.75) is 76.0 Å². The maximum atomic E-state index is 9.73. The van der Waals surface area contributed by atoms with Crippen molar-refractivity contribution in [2.75, 3.05) is 23.0 Å². The summed E-state index contributed by atoms with van der Waals surface area (Å²) in [5, 5.41) is 19.3. The molecule has 0 bridgehead atoms. The van der Waals surface area contributed by atoms with Crippen molar-refractivity contribution in [2.24, 2.45) is 0 Å². The van der Waals surface area contributed by atoms with Gasteiger partial charge in [0.2, 0.25) is 0 Å². The van der Waals surface area contributed by atoms with Crippen molar-refractivity contribution in [3.63, 3.8) is 0 Å². The van der Waals surface area contributed by atoms with E-state index in [2.05, 4.69) is 26.0 Å². The summed E-state index contributed by atoms with van der Waals surface area (Å²) in [6, 6.07) is 8.17. The van der Waals surface area contributed by atoms with Gasteiger partial charge in [-0.2, -0.15) is 0 Å². The van der Waals surface area contributed by atoms with Crippen molar-refractivity contribution >= 4 is 21.8 Å². The maximum Gasteiger partial charge on any atom is 0.160 e. The zero-order valence-electron chi connectivity index (χ0n) is 19.1. The van der Waals surface area contributed by atoms with Crippen LogP contribution >= 0.6 is 0 Å². The third kappa shape index (κ3) is 5.91. The summed E-state index contributed by atoms with van der Waals surface area (Å²) < 4.78 is 0. The number of benzene rings is 2. The molecule has 0 spiro atoms. The number of aromatic hydroxyl groups is 2. The fourth-order valence-electron chi connectivity index (χ4n) is 4.57. The first-order valence-electron chi connectivity index (χ1n) is 11.3. The monoisotopic (exact) mass is 446 g/mol. The third-order valence-electron chi connectivity index (χ3n) is 6.09. The molecule has 2 aromatic carbocycles. The number of phenolic OH excluding ortho intramolecular Hbond substituents is 2. The lowest BCUT2D eigenvalue weighted by Crippen LogP contribution is -2.19. The average Bonchev–Trinajstić information content (AvgIpc) is 2.73. The molecule has 0 atom stereocenters. The standard InChI is InChI=1S/2C13H18OS/c1-10-8-12(9-11(2)13(10)14)15-6-4-3-5-7-15;1-10-8-12(14)9-11(2)13(10)15-6-4-3-5-7-15/h2*8-9H,3-7H2,1-2H3/p+2. The first kappa shape index (κ1) is 23.4. The summed E-state index contributed by atoms with van der Waals surface area (Å²) in [5.41, 5.74) is 4.61. The van der Waals surface area contributed by atoms with Gasteiger partial charge in [-0.15, -0.1) is 0 Å². The van der Waals surface area contributed by atoms with Crippen LogP contribution in [-0.4, -0.2) is 33.2 Å². The van der Waals surface area contributed by atoms with Gasteiger partial charge in [0.15, 0.2) is 9.79 Å². The molecule has 2 heterocycles. The maximum absolute atomic E-state index is 9.73. The average molecular weight is 447 g/mol. The van der Waals surface area contributed by atoms with Crippen LogP contribution in [0.3, 0.4) is 0 Å². The molecule has 2 aliphatic heterocycles. The molecule has 0 amide bonds. The van der Waals surface area contributed by atoms with Gasteiger partial charge in [-0.05, 0) is 102 Å². The predicted molar refractivity (Wildman–Crippen MR) is 134 cm³/mol. The number of hydrogen-bond donors (Lipinski definition) is 2. The van der Waals surface area contributed by atoms with Crippen LogP contribution in [0.25, 0.3) is 0 Å². The highest BCUT2D eigenvalue weighted by molar-refractivity contribution is 7.97. The molecule has 30 heavy (non-hydrogen) atoms. The highest BCUT2D eigenvalue weighted by atomic mass is 32.2. The summed E-state index contributed by atoms with van der Waals surface area (Å²) in [6.07, 6.45) is 8.31. The van der Waals surface area contributed by atoms with Crippen molar-refractivity contribution in [3.8, 4) is 11.5 Å². The molecular formula is C26H38O2S2+2. The van der Waals surface area contributed by atoms with Gasteiger partial charge in [-0.3, -0.25) is 0 Å². The second kappa shape index (κ2) is 10.9. The molecule has 2 nitrogen and oxygen atoms in total. The Balaban J connectivity index is 0.000000171. The van der Waals surface area contributed by atoms with Gasteiger partial charge in [0, 0.05) is 32.9 Å². The Hall–Kier alpha value is -1.26. The van der Waals surface area contributed by atoms with Crippen LogP contribution < -0.4 is 0 Å². The highest BCUT2D eigenvalue weighted by Crippen LogP contribution is 2.31. The largest absolute Gasteiger partial charge is 0.508 e. The zero-order valence-corrected chi connectivity index (χ0v) is 20.7. The van der Waals surface area contributed by atoms with Crippen LogP contribution in [0.1, 0.15) is 60.8 Å². The van der Waals surface area contributed by atoms with Gasteiger partial charge in [-0.25, -0.2) is 0 Å². The molecule has 2 N–H and O–H groups in total. The van der Waals surface area contributed by atoms with Gasteiger partial charge >= 0.3 is 0 Å². The quantitative estimate of drug-likeness (QED) is 0.528. The summed E-state index contributed by atoms with van der Waals surface area (Å²) >= 11 is 0. The highest BCUT2D eigenvalue weighted by Gasteiger charge is 2.28. The molecule has 0 radical (unpaired) electrons. The Morgan fingerprint density at radius 3 is 1.47 bits per heavy atom. The van der Waals surface area contributed by atoms with Crippen molar-refractivity contribution < 1.29 is 10.2 Å². The van der Waals surface area contributed by atoms with E-state index in [1.54, 1.807) is 0 Å². The minimum absolute atomic E-state index is 0.411. The summed E-state index contributed by atoms with van der Waals surface area (Å²) in [4.78, 5) is 2.98. The van der Waals surface area contributed by atoms with E-state index in [1.807, 2.05) is 26.0 Å².